The molecule has 0 spiro atoms. The molecule has 0 aliphatic carbocycles. The predicted octanol–water partition coefficient (Wildman–Crippen LogP) is -1.78. The maximum absolute atomic E-state index is 11.5. The highest BCUT2D eigenvalue weighted by Crippen LogP contribution is 1.98. The molecule has 0 radical (unpaired) electrons. The molecule has 1 aliphatic heterocycles. The van der Waals surface area contributed by atoms with Crippen LogP contribution in [0.2, 0.25) is 0 Å². The van der Waals surface area contributed by atoms with E-state index in [0.717, 1.165) is 26.2 Å². The fraction of sp³-hybridized carbons (Fsp3) is 0.800. The minimum Gasteiger partial charge on any atom is -0.368 e. The van der Waals surface area contributed by atoms with E-state index in [-0.39, 0.29) is 5.91 Å². The van der Waals surface area contributed by atoms with Crippen LogP contribution in [0.5, 0.6) is 0 Å². The Morgan fingerprint density at radius 2 is 1.88 bits per heavy atom. The number of carbonyl (C=O) groups is 2. The maximum Gasteiger partial charge on any atom is 0.239 e. The minimum absolute atomic E-state index is 0.143. The SMILES string of the molecule is CC(NC(=O)CN1CCN(C)CC1)C(N)=O. The zero-order valence-corrected chi connectivity index (χ0v) is 9.90. The van der Waals surface area contributed by atoms with Gasteiger partial charge in [0.1, 0.15) is 6.04 Å². The van der Waals surface area contributed by atoms with Crippen LogP contribution >= 0.6 is 0 Å². The number of likely N-dealkylation sites (N-methyl/N-ethyl adjacent to an activating group) is 1. The molecule has 1 unspecified atom stereocenters. The second-order valence-corrected chi connectivity index (χ2v) is 4.27. The summed E-state index contributed by atoms with van der Waals surface area (Å²) in [7, 11) is 2.06. The number of rotatable bonds is 4. The first-order valence-corrected chi connectivity index (χ1v) is 5.48. The number of amides is 2. The zero-order valence-electron chi connectivity index (χ0n) is 9.90. The molecule has 1 atom stereocenters. The van der Waals surface area contributed by atoms with Gasteiger partial charge in [0.05, 0.1) is 6.54 Å². The average Bonchev–Trinajstić information content (AvgIpc) is 2.21. The van der Waals surface area contributed by atoms with Gasteiger partial charge < -0.3 is 16.0 Å². The number of carbonyl (C=O) groups excluding carboxylic acids is 2. The van der Waals surface area contributed by atoms with Crippen LogP contribution in [0, 0.1) is 0 Å². The fourth-order valence-corrected chi connectivity index (χ4v) is 1.57. The lowest BCUT2D eigenvalue weighted by Crippen LogP contribution is -2.50. The third-order valence-electron chi connectivity index (χ3n) is 2.77. The van der Waals surface area contributed by atoms with Gasteiger partial charge in [0.25, 0.3) is 0 Å². The monoisotopic (exact) mass is 228 g/mol. The van der Waals surface area contributed by atoms with Gasteiger partial charge in [-0.15, -0.1) is 0 Å². The molecule has 0 aromatic carbocycles. The first kappa shape index (κ1) is 12.9. The number of nitrogens with zero attached hydrogens (tertiary/aromatic N) is 2. The number of hydrogen-bond acceptors (Lipinski definition) is 4. The standard InChI is InChI=1S/C10H20N4O2/c1-8(10(11)16)12-9(15)7-14-5-3-13(2)4-6-14/h8H,3-7H2,1-2H3,(H2,11,16)(H,12,15). The molecule has 1 aliphatic rings. The van der Waals surface area contributed by atoms with E-state index in [9.17, 15) is 9.59 Å². The van der Waals surface area contributed by atoms with E-state index in [0.29, 0.717) is 6.54 Å². The van der Waals surface area contributed by atoms with Crippen molar-refractivity contribution >= 4 is 11.8 Å². The summed E-state index contributed by atoms with van der Waals surface area (Å²) in [5, 5.41) is 2.57. The van der Waals surface area contributed by atoms with Crippen molar-refractivity contribution in [3.05, 3.63) is 0 Å². The van der Waals surface area contributed by atoms with Crippen LogP contribution in [-0.2, 0) is 9.59 Å². The molecule has 0 aromatic heterocycles. The molecule has 1 heterocycles. The van der Waals surface area contributed by atoms with E-state index in [4.69, 9.17) is 5.73 Å². The molecule has 92 valence electrons. The van der Waals surface area contributed by atoms with Gasteiger partial charge in [0.15, 0.2) is 0 Å². The Morgan fingerprint density at radius 3 is 2.38 bits per heavy atom. The van der Waals surface area contributed by atoms with Crippen molar-refractivity contribution in [2.45, 2.75) is 13.0 Å². The molecule has 3 N–H and O–H groups in total. The van der Waals surface area contributed by atoms with Gasteiger partial charge in [-0.25, -0.2) is 0 Å². The second-order valence-electron chi connectivity index (χ2n) is 4.27. The molecule has 6 heteroatoms. The van der Waals surface area contributed by atoms with Crippen molar-refractivity contribution in [3.63, 3.8) is 0 Å². The summed E-state index contributed by atoms with van der Waals surface area (Å²) in [5.41, 5.74) is 5.06. The van der Waals surface area contributed by atoms with Crippen LogP contribution in [-0.4, -0.2) is 67.4 Å². The van der Waals surface area contributed by atoms with Gasteiger partial charge in [-0.2, -0.15) is 0 Å². The van der Waals surface area contributed by atoms with E-state index in [1.54, 1.807) is 6.92 Å². The van der Waals surface area contributed by atoms with E-state index < -0.39 is 11.9 Å². The van der Waals surface area contributed by atoms with Gasteiger partial charge in [0.2, 0.25) is 11.8 Å². The third kappa shape index (κ3) is 4.16. The van der Waals surface area contributed by atoms with Gasteiger partial charge in [-0.1, -0.05) is 0 Å². The summed E-state index contributed by atoms with van der Waals surface area (Å²) in [6.45, 7) is 5.64. The summed E-state index contributed by atoms with van der Waals surface area (Å²) in [6.07, 6.45) is 0. The molecule has 0 saturated carbocycles. The Balaban J connectivity index is 2.26. The van der Waals surface area contributed by atoms with E-state index in [2.05, 4.69) is 22.2 Å². The smallest absolute Gasteiger partial charge is 0.239 e. The summed E-state index contributed by atoms with van der Waals surface area (Å²) in [6, 6.07) is -0.597. The minimum atomic E-state index is -0.597. The lowest BCUT2D eigenvalue weighted by Gasteiger charge is -2.31. The van der Waals surface area contributed by atoms with Crippen LogP contribution in [0.25, 0.3) is 0 Å². The maximum atomic E-state index is 11.5. The number of hydrogen-bond donors (Lipinski definition) is 2. The molecule has 16 heavy (non-hydrogen) atoms. The van der Waals surface area contributed by atoms with Crippen LogP contribution in [0.4, 0.5) is 0 Å². The topological polar surface area (TPSA) is 78.7 Å². The van der Waals surface area contributed by atoms with Crippen LogP contribution in [0.3, 0.4) is 0 Å². The molecule has 6 nitrogen and oxygen atoms in total. The Labute approximate surface area is 95.8 Å². The van der Waals surface area contributed by atoms with Gasteiger partial charge in [-0.05, 0) is 14.0 Å². The van der Waals surface area contributed by atoms with Crippen molar-refractivity contribution in [1.82, 2.24) is 15.1 Å². The van der Waals surface area contributed by atoms with Crippen molar-refractivity contribution < 1.29 is 9.59 Å². The summed E-state index contributed by atoms with van der Waals surface area (Å²) < 4.78 is 0. The first-order valence-electron chi connectivity index (χ1n) is 5.48. The molecule has 1 saturated heterocycles. The molecule has 2 amide bonds. The predicted molar refractivity (Wildman–Crippen MR) is 60.7 cm³/mol. The number of nitrogens with two attached hydrogens (primary N) is 1. The fourth-order valence-electron chi connectivity index (χ4n) is 1.57. The molecule has 0 bridgehead atoms. The number of primary amides is 1. The van der Waals surface area contributed by atoms with Crippen LogP contribution in [0.15, 0.2) is 0 Å². The highest BCUT2D eigenvalue weighted by molar-refractivity contribution is 5.86. The summed E-state index contributed by atoms with van der Waals surface area (Å²) in [5.74, 6) is -0.650. The Bertz CT molecular complexity index is 262. The highest BCUT2D eigenvalue weighted by atomic mass is 16.2. The molecule has 0 aromatic rings. The molecule has 1 fully saturated rings. The quantitative estimate of drug-likeness (QED) is 0.596. The summed E-state index contributed by atoms with van der Waals surface area (Å²) in [4.78, 5) is 26.6. The van der Waals surface area contributed by atoms with Crippen molar-refractivity contribution in [2.75, 3.05) is 39.8 Å². The van der Waals surface area contributed by atoms with Crippen molar-refractivity contribution in [3.8, 4) is 0 Å². The van der Waals surface area contributed by atoms with Gasteiger partial charge >= 0.3 is 0 Å². The Hall–Kier alpha value is -1.14. The second kappa shape index (κ2) is 5.81. The normalized spacial score (nSPS) is 20.4. The highest BCUT2D eigenvalue weighted by Gasteiger charge is 2.18. The van der Waals surface area contributed by atoms with E-state index in [1.807, 2.05) is 0 Å². The van der Waals surface area contributed by atoms with E-state index in [1.165, 1.54) is 0 Å². The lowest BCUT2D eigenvalue weighted by molar-refractivity contribution is -0.127. The van der Waals surface area contributed by atoms with Crippen molar-refractivity contribution in [1.29, 1.82) is 0 Å². The van der Waals surface area contributed by atoms with Crippen LogP contribution in [0.1, 0.15) is 6.92 Å². The number of nitrogens with one attached hydrogen (secondary N) is 1. The molecular formula is C10H20N4O2. The Morgan fingerprint density at radius 1 is 1.31 bits per heavy atom. The first-order chi connectivity index (χ1) is 7.49. The largest absolute Gasteiger partial charge is 0.368 e. The van der Waals surface area contributed by atoms with Crippen molar-refractivity contribution in [2.24, 2.45) is 5.73 Å². The molecule has 1 rings (SSSR count). The van der Waals surface area contributed by atoms with E-state index >= 15 is 0 Å². The van der Waals surface area contributed by atoms with Gasteiger partial charge in [-0.3, -0.25) is 14.5 Å². The lowest BCUT2D eigenvalue weighted by atomic mass is 10.3. The molecular weight excluding hydrogens is 208 g/mol. The zero-order chi connectivity index (χ0) is 12.1. The average molecular weight is 228 g/mol. The summed E-state index contributed by atoms with van der Waals surface area (Å²) >= 11 is 0. The number of piperazine rings is 1. The van der Waals surface area contributed by atoms with Gasteiger partial charge in [0, 0.05) is 26.2 Å². The third-order valence-corrected chi connectivity index (χ3v) is 2.77. The van der Waals surface area contributed by atoms with Crippen LogP contribution < -0.4 is 11.1 Å². The Kier molecular flexibility index (Phi) is 4.70.